The zero-order chi connectivity index (χ0) is 13.0. The van der Waals surface area contributed by atoms with Crippen molar-refractivity contribution in [3.63, 3.8) is 0 Å². The topological polar surface area (TPSA) is 94.1 Å². The number of halogens is 1. The fraction of sp³-hybridized carbons (Fsp3) is 0.500. The van der Waals surface area contributed by atoms with Gasteiger partial charge in [-0.05, 0) is 0 Å². The van der Waals surface area contributed by atoms with E-state index in [4.69, 9.17) is 0 Å². The van der Waals surface area contributed by atoms with Gasteiger partial charge >= 0.3 is 17.1 Å². The smallest absolute Gasteiger partial charge is 0.339 e. The van der Waals surface area contributed by atoms with E-state index in [-0.39, 0.29) is 0 Å². The Morgan fingerprint density at radius 1 is 1.65 bits per heavy atom. The lowest BCUT2D eigenvalue weighted by molar-refractivity contribution is -0.139. The summed E-state index contributed by atoms with van der Waals surface area (Å²) < 4.78 is 5.85. The lowest BCUT2D eigenvalue weighted by Crippen LogP contribution is -2.34. The Hall–Kier alpha value is -1.09. The van der Waals surface area contributed by atoms with Gasteiger partial charge in [0, 0.05) is 12.8 Å². The van der Waals surface area contributed by atoms with E-state index in [2.05, 4.69) is 30.7 Å². The molecule has 0 amide bonds. The SMILES string of the molecule is COC(=O)C(Br)CSc1nc(=O)c(=O)[nH]n1C. The fourth-order valence-electron chi connectivity index (χ4n) is 0.933. The van der Waals surface area contributed by atoms with Crippen molar-refractivity contribution in [3.8, 4) is 0 Å². The second-order valence-corrected chi connectivity index (χ2v) is 5.09. The first-order chi connectivity index (χ1) is 7.95. The molecule has 0 bridgehead atoms. The number of aromatic amines is 1. The van der Waals surface area contributed by atoms with Crippen LogP contribution in [0.2, 0.25) is 0 Å². The third-order valence-electron chi connectivity index (χ3n) is 1.76. The number of rotatable bonds is 4. The van der Waals surface area contributed by atoms with Crippen molar-refractivity contribution >= 4 is 33.7 Å². The van der Waals surface area contributed by atoms with E-state index in [1.165, 1.54) is 11.8 Å². The van der Waals surface area contributed by atoms with Gasteiger partial charge in [0.15, 0.2) is 5.16 Å². The molecule has 9 heteroatoms. The Balaban J connectivity index is 2.77. The first-order valence-electron chi connectivity index (χ1n) is 4.47. The predicted octanol–water partition coefficient (Wildman–Crippen LogP) is -0.503. The summed E-state index contributed by atoms with van der Waals surface area (Å²) in [4.78, 5) is 36.2. The van der Waals surface area contributed by atoms with E-state index < -0.39 is 21.9 Å². The largest absolute Gasteiger partial charge is 0.468 e. The summed E-state index contributed by atoms with van der Waals surface area (Å²) in [6, 6.07) is 0. The maximum Gasteiger partial charge on any atom is 0.339 e. The van der Waals surface area contributed by atoms with Crippen LogP contribution in [-0.4, -0.2) is 38.4 Å². The van der Waals surface area contributed by atoms with Crippen LogP contribution < -0.4 is 11.1 Å². The second-order valence-electron chi connectivity index (χ2n) is 3.00. The molecule has 1 rings (SSSR count). The first-order valence-corrected chi connectivity index (χ1v) is 6.38. The van der Waals surface area contributed by atoms with Crippen LogP contribution in [0.4, 0.5) is 0 Å². The molecule has 0 aliphatic rings. The Bertz CT molecular complexity index is 526. The molecule has 17 heavy (non-hydrogen) atoms. The summed E-state index contributed by atoms with van der Waals surface area (Å²) >= 11 is 4.29. The molecule has 7 nitrogen and oxygen atoms in total. The number of aromatic nitrogens is 3. The van der Waals surface area contributed by atoms with Gasteiger partial charge in [-0.25, -0.2) is 0 Å². The fourth-order valence-corrected chi connectivity index (χ4v) is 2.33. The van der Waals surface area contributed by atoms with Crippen molar-refractivity contribution in [3.05, 3.63) is 20.7 Å². The van der Waals surface area contributed by atoms with Crippen LogP contribution in [0.25, 0.3) is 0 Å². The van der Waals surface area contributed by atoms with E-state index in [1.807, 2.05) is 0 Å². The van der Waals surface area contributed by atoms with Crippen LogP contribution in [0, 0.1) is 0 Å². The number of thioether (sulfide) groups is 1. The van der Waals surface area contributed by atoms with Gasteiger partial charge in [-0.15, -0.1) is 0 Å². The van der Waals surface area contributed by atoms with Crippen LogP contribution >= 0.6 is 27.7 Å². The minimum Gasteiger partial charge on any atom is -0.468 e. The molecule has 1 heterocycles. The maximum atomic E-state index is 11.1. The third kappa shape index (κ3) is 3.70. The number of nitrogens with one attached hydrogen (secondary N) is 1. The van der Waals surface area contributed by atoms with E-state index in [0.29, 0.717) is 10.9 Å². The predicted molar refractivity (Wildman–Crippen MR) is 65.6 cm³/mol. The Morgan fingerprint density at radius 3 is 2.88 bits per heavy atom. The average Bonchev–Trinajstić information content (AvgIpc) is 2.30. The number of H-pyrrole nitrogens is 1. The highest BCUT2D eigenvalue weighted by molar-refractivity contribution is 9.10. The average molecular weight is 324 g/mol. The zero-order valence-electron chi connectivity index (χ0n) is 9.10. The second kappa shape index (κ2) is 6.01. The Kier molecular flexibility index (Phi) is 4.94. The molecule has 1 aromatic heterocycles. The first kappa shape index (κ1) is 14.0. The lowest BCUT2D eigenvalue weighted by Gasteiger charge is -2.08. The summed E-state index contributed by atoms with van der Waals surface area (Å²) in [5.74, 6) is -0.0779. The zero-order valence-corrected chi connectivity index (χ0v) is 11.5. The highest BCUT2D eigenvalue weighted by Gasteiger charge is 2.16. The van der Waals surface area contributed by atoms with Gasteiger partial charge in [0.25, 0.3) is 0 Å². The van der Waals surface area contributed by atoms with Gasteiger partial charge in [-0.3, -0.25) is 24.2 Å². The monoisotopic (exact) mass is 323 g/mol. The van der Waals surface area contributed by atoms with Crippen LogP contribution in [0.1, 0.15) is 0 Å². The number of nitrogens with zero attached hydrogens (tertiary/aromatic N) is 2. The van der Waals surface area contributed by atoms with Gasteiger partial charge in [-0.2, -0.15) is 4.98 Å². The molecule has 0 fully saturated rings. The van der Waals surface area contributed by atoms with Crippen molar-refractivity contribution < 1.29 is 9.53 Å². The number of methoxy groups -OCH3 is 1. The van der Waals surface area contributed by atoms with Gasteiger partial charge in [0.1, 0.15) is 4.83 Å². The molecular weight excluding hydrogens is 314 g/mol. The molecule has 0 saturated carbocycles. The highest BCUT2D eigenvalue weighted by Crippen LogP contribution is 2.17. The Labute approximate surface area is 109 Å². The maximum absolute atomic E-state index is 11.1. The van der Waals surface area contributed by atoms with Crippen molar-refractivity contribution in [2.24, 2.45) is 7.05 Å². The minimum absolute atomic E-state index is 0.322. The van der Waals surface area contributed by atoms with Crippen molar-refractivity contribution in [1.29, 1.82) is 0 Å². The summed E-state index contributed by atoms with van der Waals surface area (Å²) in [5.41, 5.74) is -1.63. The van der Waals surface area contributed by atoms with E-state index >= 15 is 0 Å². The van der Waals surface area contributed by atoms with Crippen molar-refractivity contribution in [2.75, 3.05) is 12.9 Å². The molecule has 0 saturated heterocycles. The van der Waals surface area contributed by atoms with Gasteiger partial charge in [0.2, 0.25) is 0 Å². The molecular formula is C8H10BrN3O4S. The number of alkyl halides is 1. The number of carbonyl (C=O) groups is 1. The summed E-state index contributed by atoms with van der Waals surface area (Å²) in [6.07, 6.45) is 0. The van der Waals surface area contributed by atoms with Crippen LogP contribution in [0.3, 0.4) is 0 Å². The van der Waals surface area contributed by atoms with Gasteiger partial charge in [0.05, 0.1) is 7.11 Å². The number of hydrogen-bond acceptors (Lipinski definition) is 6. The van der Waals surface area contributed by atoms with E-state index in [9.17, 15) is 14.4 Å². The number of aryl methyl sites for hydroxylation is 1. The molecule has 0 radical (unpaired) electrons. The van der Waals surface area contributed by atoms with Crippen LogP contribution in [0.5, 0.6) is 0 Å². The number of esters is 1. The van der Waals surface area contributed by atoms with Crippen LogP contribution in [0.15, 0.2) is 14.7 Å². The highest BCUT2D eigenvalue weighted by atomic mass is 79.9. The molecule has 1 atom stereocenters. The van der Waals surface area contributed by atoms with Crippen molar-refractivity contribution in [1.82, 2.24) is 14.8 Å². The molecule has 94 valence electrons. The summed E-state index contributed by atoms with van der Waals surface area (Å²) in [7, 11) is 2.84. The Morgan fingerprint density at radius 2 is 2.29 bits per heavy atom. The van der Waals surface area contributed by atoms with Crippen LogP contribution in [-0.2, 0) is 16.6 Å². The summed E-state index contributed by atoms with van der Waals surface area (Å²) in [6.45, 7) is 0. The van der Waals surface area contributed by atoms with Crippen molar-refractivity contribution in [2.45, 2.75) is 9.98 Å². The molecule has 1 aromatic rings. The number of hydrogen-bond donors (Lipinski definition) is 1. The van der Waals surface area contributed by atoms with E-state index in [0.717, 1.165) is 11.8 Å². The molecule has 0 aromatic carbocycles. The van der Waals surface area contributed by atoms with E-state index in [1.54, 1.807) is 7.05 Å². The molecule has 0 spiro atoms. The summed E-state index contributed by atoms with van der Waals surface area (Å²) in [5, 5.41) is 2.63. The number of ether oxygens (including phenoxy) is 1. The number of carbonyl (C=O) groups excluding carboxylic acids is 1. The third-order valence-corrected chi connectivity index (χ3v) is 4.01. The normalized spacial score (nSPS) is 12.2. The lowest BCUT2D eigenvalue weighted by atomic mass is 10.5. The molecule has 0 aliphatic carbocycles. The van der Waals surface area contributed by atoms with Gasteiger partial charge in [-0.1, -0.05) is 27.7 Å². The minimum atomic E-state index is -0.852. The molecule has 1 N–H and O–H groups in total. The molecule has 0 aliphatic heterocycles. The standard InChI is InChI=1S/C8H10BrN3O4S/c1-12-8(10-5(13)6(14)11-12)17-3-4(9)7(15)16-2/h4H,3H2,1-2H3,(H,11,14). The molecule has 1 unspecified atom stereocenters. The van der Waals surface area contributed by atoms with Gasteiger partial charge < -0.3 is 4.74 Å². The quantitative estimate of drug-likeness (QED) is 0.347.